The fourth-order valence-corrected chi connectivity index (χ4v) is 3.13. The molecular weight excluding hydrogens is 340 g/mol. The van der Waals surface area contributed by atoms with Gasteiger partial charge in [0.15, 0.2) is 0 Å². The van der Waals surface area contributed by atoms with Crippen LogP contribution in [0.5, 0.6) is 0 Å². The molecule has 2 aromatic rings. The number of carbonyl (C=O) groups is 2. The first-order valence-corrected chi connectivity index (χ1v) is 9.41. The molecule has 1 saturated heterocycles. The summed E-state index contributed by atoms with van der Waals surface area (Å²) in [5.74, 6) is 0.380. The largest absolute Gasteiger partial charge is 0.335 e. The van der Waals surface area contributed by atoms with Gasteiger partial charge in [-0.05, 0) is 42.2 Å². The molecule has 0 atom stereocenters. The van der Waals surface area contributed by atoms with Gasteiger partial charge in [-0.25, -0.2) is 4.79 Å². The lowest BCUT2D eigenvalue weighted by Gasteiger charge is -2.22. The zero-order chi connectivity index (χ0) is 19.2. The van der Waals surface area contributed by atoms with Crippen molar-refractivity contribution in [2.24, 2.45) is 0 Å². The van der Waals surface area contributed by atoms with E-state index in [4.69, 9.17) is 0 Å². The molecule has 27 heavy (non-hydrogen) atoms. The summed E-state index contributed by atoms with van der Waals surface area (Å²) in [6, 6.07) is 13.1. The quantitative estimate of drug-likeness (QED) is 0.903. The Hall–Kier alpha value is -2.89. The van der Waals surface area contributed by atoms with E-state index in [1.807, 2.05) is 30.3 Å². The maximum atomic E-state index is 12.6. The van der Waals surface area contributed by atoms with Crippen molar-refractivity contribution in [3.05, 3.63) is 59.9 Å². The van der Waals surface area contributed by atoms with E-state index in [1.165, 1.54) is 5.56 Å². The molecule has 1 aliphatic rings. The highest BCUT2D eigenvalue weighted by molar-refractivity contribution is 5.92. The molecule has 0 bridgehead atoms. The van der Waals surface area contributed by atoms with E-state index < -0.39 is 0 Å². The Morgan fingerprint density at radius 2 is 1.67 bits per heavy atom. The van der Waals surface area contributed by atoms with E-state index in [-0.39, 0.29) is 11.9 Å². The van der Waals surface area contributed by atoms with Crippen LogP contribution in [-0.2, 0) is 0 Å². The third-order valence-electron chi connectivity index (χ3n) is 4.78. The van der Waals surface area contributed by atoms with Crippen molar-refractivity contribution in [1.82, 2.24) is 14.8 Å². The number of hydrogen-bond acceptors (Lipinski definition) is 3. The molecule has 6 heteroatoms. The standard InChI is InChI=1S/C21H26N4O2/c1-16(2)17-7-9-18(10-8-17)23-21(27)25-13-5-12-24(14-15-25)20(26)19-6-3-4-11-22-19/h3-4,6-11,16H,5,12-15H2,1-2H3,(H,23,27). The Balaban J connectivity index is 1.57. The highest BCUT2D eigenvalue weighted by Gasteiger charge is 2.23. The first-order chi connectivity index (χ1) is 13.0. The summed E-state index contributed by atoms with van der Waals surface area (Å²) in [6.07, 6.45) is 2.37. The van der Waals surface area contributed by atoms with E-state index in [2.05, 4.69) is 24.1 Å². The number of pyridine rings is 1. The van der Waals surface area contributed by atoms with E-state index in [0.717, 1.165) is 12.1 Å². The van der Waals surface area contributed by atoms with Crippen LogP contribution in [0.25, 0.3) is 0 Å². The van der Waals surface area contributed by atoms with Crippen molar-refractivity contribution in [1.29, 1.82) is 0 Å². The molecule has 1 aliphatic heterocycles. The van der Waals surface area contributed by atoms with Crippen LogP contribution in [-0.4, -0.2) is 52.9 Å². The third kappa shape index (κ3) is 4.84. The number of amides is 3. The summed E-state index contributed by atoms with van der Waals surface area (Å²) in [7, 11) is 0. The molecule has 3 rings (SSSR count). The van der Waals surface area contributed by atoms with Crippen LogP contribution >= 0.6 is 0 Å². The Morgan fingerprint density at radius 1 is 0.963 bits per heavy atom. The topological polar surface area (TPSA) is 65.5 Å². The number of rotatable bonds is 3. The van der Waals surface area contributed by atoms with Gasteiger partial charge in [0.2, 0.25) is 0 Å². The van der Waals surface area contributed by atoms with Crippen molar-refractivity contribution < 1.29 is 9.59 Å². The first kappa shape index (κ1) is 18.9. The molecule has 1 aromatic carbocycles. The van der Waals surface area contributed by atoms with Crippen molar-refractivity contribution in [3.63, 3.8) is 0 Å². The van der Waals surface area contributed by atoms with Crippen LogP contribution in [0.2, 0.25) is 0 Å². The molecular formula is C21H26N4O2. The minimum absolute atomic E-state index is 0.0814. The summed E-state index contributed by atoms with van der Waals surface area (Å²) >= 11 is 0. The number of nitrogens with zero attached hydrogens (tertiary/aromatic N) is 3. The molecule has 1 aromatic heterocycles. The third-order valence-corrected chi connectivity index (χ3v) is 4.78. The van der Waals surface area contributed by atoms with Gasteiger partial charge in [-0.15, -0.1) is 0 Å². The highest BCUT2D eigenvalue weighted by atomic mass is 16.2. The van der Waals surface area contributed by atoms with Crippen LogP contribution in [0.3, 0.4) is 0 Å². The van der Waals surface area contributed by atoms with Crippen molar-refractivity contribution in [3.8, 4) is 0 Å². The normalized spacial score (nSPS) is 14.8. The second-order valence-electron chi connectivity index (χ2n) is 7.05. The zero-order valence-electron chi connectivity index (χ0n) is 15.9. The SMILES string of the molecule is CC(C)c1ccc(NC(=O)N2CCCN(C(=O)c3ccccn3)CC2)cc1. The smallest absolute Gasteiger partial charge is 0.321 e. The number of nitrogens with one attached hydrogen (secondary N) is 1. The van der Waals surface area contributed by atoms with Gasteiger partial charge < -0.3 is 15.1 Å². The summed E-state index contributed by atoms with van der Waals surface area (Å²) in [4.78, 5) is 32.8. The molecule has 1 N–H and O–H groups in total. The van der Waals surface area contributed by atoms with Crippen molar-refractivity contribution in [2.75, 3.05) is 31.5 Å². The van der Waals surface area contributed by atoms with E-state index in [9.17, 15) is 9.59 Å². The van der Waals surface area contributed by atoms with Crippen LogP contribution in [0.15, 0.2) is 48.7 Å². The monoisotopic (exact) mass is 366 g/mol. The average molecular weight is 366 g/mol. The molecule has 3 amide bonds. The van der Waals surface area contributed by atoms with Gasteiger partial charge >= 0.3 is 6.03 Å². The lowest BCUT2D eigenvalue weighted by atomic mass is 10.0. The van der Waals surface area contributed by atoms with Gasteiger partial charge in [0.05, 0.1) is 0 Å². The summed E-state index contributed by atoms with van der Waals surface area (Å²) < 4.78 is 0. The summed E-state index contributed by atoms with van der Waals surface area (Å²) in [5, 5.41) is 2.95. The molecule has 1 fully saturated rings. The Morgan fingerprint density at radius 3 is 2.33 bits per heavy atom. The van der Waals surface area contributed by atoms with Gasteiger partial charge in [0.25, 0.3) is 5.91 Å². The first-order valence-electron chi connectivity index (χ1n) is 9.41. The van der Waals surface area contributed by atoms with E-state index in [1.54, 1.807) is 28.1 Å². The minimum atomic E-state index is -0.126. The number of hydrogen-bond donors (Lipinski definition) is 1. The van der Waals surface area contributed by atoms with E-state index in [0.29, 0.717) is 37.8 Å². The predicted molar refractivity (Wildman–Crippen MR) is 106 cm³/mol. The van der Waals surface area contributed by atoms with Crippen LogP contribution < -0.4 is 5.32 Å². The van der Waals surface area contributed by atoms with Gasteiger partial charge in [-0.3, -0.25) is 9.78 Å². The Kier molecular flexibility index (Phi) is 6.06. The average Bonchev–Trinajstić information content (AvgIpc) is 2.95. The maximum absolute atomic E-state index is 12.6. The minimum Gasteiger partial charge on any atom is -0.335 e. The second-order valence-corrected chi connectivity index (χ2v) is 7.05. The van der Waals surface area contributed by atoms with Crippen LogP contribution in [0.1, 0.15) is 42.2 Å². The molecule has 6 nitrogen and oxygen atoms in total. The number of benzene rings is 1. The maximum Gasteiger partial charge on any atom is 0.321 e. The van der Waals surface area contributed by atoms with E-state index >= 15 is 0 Å². The molecule has 0 radical (unpaired) electrons. The molecule has 142 valence electrons. The second kappa shape index (κ2) is 8.66. The van der Waals surface area contributed by atoms with Gasteiger partial charge in [-0.1, -0.05) is 32.0 Å². The van der Waals surface area contributed by atoms with Gasteiger partial charge in [0.1, 0.15) is 5.69 Å². The lowest BCUT2D eigenvalue weighted by Crippen LogP contribution is -2.39. The fraction of sp³-hybridized carbons (Fsp3) is 0.381. The summed E-state index contributed by atoms with van der Waals surface area (Å²) in [5.41, 5.74) is 2.47. The van der Waals surface area contributed by atoms with Crippen LogP contribution in [0.4, 0.5) is 10.5 Å². The predicted octanol–water partition coefficient (Wildman–Crippen LogP) is 3.59. The molecule has 2 heterocycles. The number of urea groups is 1. The fourth-order valence-electron chi connectivity index (χ4n) is 3.13. The number of anilines is 1. The summed E-state index contributed by atoms with van der Waals surface area (Å²) in [6.45, 7) is 6.55. The van der Waals surface area contributed by atoms with Gasteiger partial charge in [-0.2, -0.15) is 0 Å². The molecule has 0 aliphatic carbocycles. The molecule has 0 spiro atoms. The Labute approximate surface area is 160 Å². The zero-order valence-corrected chi connectivity index (χ0v) is 15.9. The van der Waals surface area contributed by atoms with Gasteiger partial charge in [0, 0.05) is 38.1 Å². The lowest BCUT2D eigenvalue weighted by molar-refractivity contribution is 0.0757. The molecule has 0 saturated carbocycles. The highest BCUT2D eigenvalue weighted by Crippen LogP contribution is 2.18. The Bertz CT molecular complexity index is 775. The number of aromatic nitrogens is 1. The molecule has 0 unspecified atom stereocenters. The van der Waals surface area contributed by atoms with Crippen molar-refractivity contribution in [2.45, 2.75) is 26.2 Å². The van der Waals surface area contributed by atoms with Crippen LogP contribution in [0, 0.1) is 0 Å². The van der Waals surface area contributed by atoms with Crippen molar-refractivity contribution >= 4 is 17.6 Å². The number of carbonyl (C=O) groups excluding carboxylic acids is 2.